The molecule has 1 aliphatic rings. The first kappa shape index (κ1) is 13.8. The standard InChI is InChI=1S/C15H19BrFN/c1-3-15(2,10-18-13-5-6-13)9-11-8-12(17)4-7-14(11)16/h3-4,7-8,13,18H,1,5-6,9-10H2,2H3. The minimum absolute atomic E-state index is 0.0428. The van der Waals surface area contributed by atoms with Crippen molar-refractivity contribution in [3.63, 3.8) is 0 Å². The van der Waals surface area contributed by atoms with Crippen molar-refractivity contribution in [1.82, 2.24) is 5.32 Å². The zero-order chi connectivity index (χ0) is 13.2. The fraction of sp³-hybridized carbons (Fsp3) is 0.467. The second-order valence-corrected chi connectivity index (χ2v) is 6.28. The molecule has 1 aromatic carbocycles. The van der Waals surface area contributed by atoms with Gasteiger partial charge in [-0.05, 0) is 43.0 Å². The Hall–Kier alpha value is -0.670. The molecular weight excluding hydrogens is 293 g/mol. The minimum Gasteiger partial charge on any atom is -0.313 e. The van der Waals surface area contributed by atoms with Gasteiger partial charge in [-0.3, -0.25) is 0 Å². The first-order chi connectivity index (χ1) is 8.52. The maximum atomic E-state index is 13.3. The smallest absolute Gasteiger partial charge is 0.123 e. The molecule has 1 unspecified atom stereocenters. The van der Waals surface area contributed by atoms with Gasteiger partial charge in [0.15, 0.2) is 0 Å². The van der Waals surface area contributed by atoms with E-state index in [-0.39, 0.29) is 11.2 Å². The van der Waals surface area contributed by atoms with Crippen molar-refractivity contribution in [1.29, 1.82) is 0 Å². The molecule has 0 aromatic heterocycles. The van der Waals surface area contributed by atoms with Crippen LogP contribution in [0.2, 0.25) is 0 Å². The van der Waals surface area contributed by atoms with Crippen LogP contribution >= 0.6 is 15.9 Å². The summed E-state index contributed by atoms with van der Waals surface area (Å²) in [6.45, 7) is 6.98. The highest BCUT2D eigenvalue weighted by Gasteiger charge is 2.27. The Morgan fingerprint density at radius 3 is 2.89 bits per heavy atom. The summed E-state index contributed by atoms with van der Waals surface area (Å²) in [5, 5.41) is 3.52. The van der Waals surface area contributed by atoms with Gasteiger partial charge in [0.05, 0.1) is 0 Å². The Labute approximate surface area is 117 Å². The zero-order valence-electron chi connectivity index (χ0n) is 10.7. The average molecular weight is 312 g/mol. The average Bonchev–Trinajstić information content (AvgIpc) is 3.15. The second kappa shape index (κ2) is 5.54. The van der Waals surface area contributed by atoms with E-state index < -0.39 is 0 Å². The van der Waals surface area contributed by atoms with Gasteiger partial charge in [-0.2, -0.15) is 0 Å². The van der Waals surface area contributed by atoms with Gasteiger partial charge in [-0.25, -0.2) is 4.39 Å². The summed E-state index contributed by atoms with van der Waals surface area (Å²) < 4.78 is 14.2. The van der Waals surface area contributed by atoms with Crippen LogP contribution in [0.5, 0.6) is 0 Å². The minimum atomic E-state index is -0.185. The fourth-order valence-electron chi connectivity index (χ4n) is 1.99. The van der Waals surface area contributed by atoms with Crippen LogP contribution < -0.4 is 5.32 Å². The van der Waals surface area contributed by atoms with Crippen LogP contribution in [0, 0.1) is 11.2 Å². The molecular formula is C15H19BrFN. The van der Waals surface area contributed by atoms with E-state index >= 15 is 0 Å². The van der Waals surface area contributed by atoms with E-state index in [1.807, 2.05) is 6.08 Å². The molecule has 0 heterocycles. The molecule has 0 aliphatic heterocycles. The summed E-state index contributed by atoms with van der Waals surface area (Å²) in [5.41, 5.74) is 0.953. The van der Waals surface area contributed by atoms with Crippen molar-refractivity contribution in [2.75, 3.05) is 6.54 Å². The fourth-order valence-corrected chi connectivity index (χ4v) is 2.37. The molecule has 0 spiro atoms. The number of halogens is 2. The number of benzene rings is 1. The van der Waals surface area contributed by atoms with Crippen LogP contribution in [0.15, 0.2) is 35.3 Å². The molecule has 0 bridgehead atoms. The predicted molar refractivity (Wildman–Crippen MR) is 77.1 cm³/mol. The number of hydrogen-bond acceptors (Lipinski definition) is 1. The molecule has 1 atom stereocenters. The molecule has 0 amide bonds. The molecule has 1 N–H and O–H groups in total. The lowest BCUT2D eigenvalue weighted by Gasteiger charge is -2.27. The van der Waals surface area contributed by atoms with Gasteiger partial charge in [0.25, 0.3) is 0 Å². The Morgan fingerprint density at radius 2 is 2.28 bits per heavy atom. The molecule has 1 aliphatic carbocycles. The van der Waals surface area contributed by atoms with Crippen LogP contribution in [0.25, 0.3) is 0 Å². The van der Waals surface area contributed by atoms with Crippen LogP contribution in [-0.2, 0) is 6.42 Å². The highest BCUT2D eigenvalue weighted by atomic mass is 79.9. The summed E-state index contributed by atoms with van der Waals surface area (Å²) in [6, 6.07) is 5.52. The van der Waals surface area contributed by atoms with Crippen LogP contribution in [0.4, 0.5) is 4.39 Å². The zero-order valence-corrected chi connectivity index (χ0v) is 12.3. The lowest BCUT2D eigenvalue weighted by atomic mass is 9.83. The summed E-state index contributed by atoms with van der Waals surface area (Å²) >= 11 is 3.48. The highest BCUT2D eigenvalue weighted by molar-refractivity contribution is 9.10. The van der Waals surface area contributed by atoms with Crippen molar-refractivity contribution >= 4 is 15.9 Å². The van der Waals surface area contributed by atoms with Crippen LogP contribution in [0.3, 0.4) is 0 Å². The molecule has 0 radical (unpaired) electrons. The monoisotopic (exact) mass is 311 g/mol. The van der Waals surface area contributed by atoms with Gasteiger partial charge in [0.1, 0.15) is 5.82 Å². The van der Waals surface area contributed by atoms with Gasteiger partial charge in [0, 0.05) is 22.5 Å². The van der Waals surface area contributed by atoms with Gasteiger partial charge in [-0.15, -0.1) is 6.58 Å². The summed E-state index contributed by atoms with van der Waals surface area (Å²) in [6.07, 6.45) is 5.31. The predicted octanol–water partition coefficient (Wildman–Crippen LogP) is 4.08. The maximum absolute atomic E-state index is 13.3. The maximum Gasteiger partial charge on any atom is 0.123 e. The van der Waals surface area contributed by atoms with Gasteiger partial charge in [-0.1, -0.05) is 28.9 Å². The number of rotatable bonds is 6. The highest BCUT2D eigenvalue weighted by Crippen LogP contribution is 2.29. The normalized spacial score (nSPS) is 18.4. The Bertz CT molecular complexity index is 442. The molecule has 1 aromatic rings. The summed E-state index contributed by atoms with van der Waals surface area (Å²) in [7, 11) is 0. The lowest BCUT2D eigenvalue weighted by molar-refractivity contribution is 0.388. The van der Waals surface area contributed by atoms with Crippen molar-refractivity contribution in [2.24, 2.45) is 5.41 Å². The Balaban J connectivity index is 2.07. The first-order valence-corrected chi connectivity index (χ1v) is 7.13. The van der Waals surface area contributed by atoms with Crippen molar-refractivity contribution in [3.05, 3.63) is 46.7 Å². The third-order valence-electron chi connectivity index (χ3n) is 3.47. The summed E-state index contributed by atoms with van der Waals surface area (Å²) in [5.74, 6) is -0.185. The SMILES string of the molecule is C=CC(C)(CNC1CC1)Cc1cc(F)ccc1Br. The topological polar surface area (TPSA) is 12.0 Å². The first-order valence-electron chi connectivity index (χ1n) is 6.33. The number of hydrogen-bond donors (Lipinski definition) is 1. The van der Waals surface area contributed by atoms with Crippen LogP contribution in [-0.4, -0.2) is 12.6 Å². The lowest BCUT2D eigenvalue weighted by Crippen LogP contribution is -2.33. The second-order valence-electron chi connectivity index (χ2n) is 5.43. The van der Waals surface area contributed by atoms with Crippen molar-refractivity contribution in [2.45, 2.75) is 32.2 Å². The molecule has 98 valence electrons. The van der Waals surface area contributed by atoms with Gasteiger partial charge < -0.3 is 5.32 Å². The van der Waals surface area contributed by atoms with E-state index in [1.165, 1.54) is 18.9 Å². The molecule has 1 nitrogen and oxygen atoms in total. The van der Waals surface area contributed by atoms with E-state index in [4.69, 9.17) is 0 Å². The van der Waals surface area contributed by atoms with E-state index in [0.717, 1.165) is 23.0 Å². The largest absolute Gasteiger partial charge is 0.313 e. The molecule has 3 heteroatoms. The molecule has 1 fully saturated rings. The van der Waals surface area contributed by atoms with Crippen molar-refractivity contribution < 1.29 is 4.39 Å². The van der Waals surface area contributed by atoms with E-state index in [2.05, 4.69) is 34.7 Å². The van der Waals surface area contributed by atoms with E-state index in [9.17, 15) is 4.39 Å². The number of nitrogens with one attached hydrogen (secondary N) is 1. The van der Waals surface area contributed by atoms with Gasteiger partial charge >= 0.3 is 0 Å². The molecule has 2 rings (SSSR count). The quantitative estimate of drug-likeness (QED) is 0.781. The Kier molecular flexibility index (Phi) is 4.23. The summed E-state index contributed by atoms with van der Waals surface area (Å²) in [4.78, 5) is 0. The van der Waals surface area contributed by atoms with Crippen LogP contribution in [0.1, 0.15) is 25.3 Å². The van der Waals surface area contributed by atoms with Gasteiger partial charge in [0.2, 0.25) is 0 Å². The third kappa shape index (κ3) is 3.66. The van der Waals surface area contributed by atoms with E-state index in [0.29, 0.717) is 6.04 Å². The van der Waals surface area contributed by atoms with E-state index in [1.54, 1.807) is 12.1 Å². The molecule has 18 heavy (non-hydrogen) atoms. The third-order valence-corrected chi connectivity index (χ3v) is 4.24. The Morgan fingerprint density at radius 1 is 1.56 bits per heavy atom. The molecule has 1 saturated carbocycles. The molecule has 0 saturated heterocycles. The van der Waals surface area contributed by atoms with Crippen molar-refractivity contribution in [3.8, 4) is 0 Å².